The Morgan fingerprint density at radius 3 is 2.86 bits per heavy atom. The van der Waals surface area contributed by atoms with Gasteiger partial charge in [0.2, 0.25) is 11.8 Å². The first-order chi connectivity index (χ1) is 13.2. The molecule has 1 saturated heterocycles. The molecule has 1 aromatic carbocycles. The molecule has 150 valence electrons. The van der Waals surface area contributed by atoms with Crippen LogP contribution in [0.2, 0.25) is 5.02 Å². The van der Waals surface area contributed by atoms with Gasteiger partial charge in [0.25, 0.3) is 0 Å². The standard InChI is InChI=1S/C19H23ClFN5O2/c1-10-8-18(28)24-19(22-10)26-12(3)14(11(2)25-26)5-7-17(27)23-13-4-6-16(21)15(20)9-13/h4,6,9-10,19,22H,5,7-8H2,1-3H3,(H,23,27)(H,24,28). The lowest BCUT2D eigenvalue weighted by Crippen LogP contribution is -2.52. The average molecular weight is 408 g/mol. The van der Waals surface area contributed by atoms with E-state index in [2.05, 4.69) is 21.0 Å². The van der Waals surface area contributed by atoms with Gasteiger partial charge in [-0.2, -0.15) is 5.10 Å². The van der Waals surface area contributed by atoms with Crippen LogP contribution < -0.4 is 16.0 Å². The van der Waals surface area contributed by atoms with Gasteiger partial charge in [0.05, 0.1) is 10.7 Å². The van der Waals surface area contributed by atoms with E-state index in [4.69, 9.17) is 11.6 Å². The van der Waals surface area contributed by atoms with Crippen LogP contribution in [0.3, 0.4) is 0 Å². The van der Waals surface area contributed by atoms with Crippen LogP contribution >= 0.6 is 11.6 Å². The number of aryl methyl sites for hydroxylation is 1. The highest BCUT2D eigenvalue weighted by molar-refractivity contribution is 6.31. The maximum Gasteiger partial charge on any atom is 0.224 e. The Bertz CT molecular complexity index is 914. The predicted molar refractivity (Wildman–Crippen MR) is 104 cm³/mol. The lowest BCUT2D eigenvalue weighted by atomic mass is 10.1. The van der Waals surface area contributed by atoms with Gasteiger partial charge < -0.3 is 10.6 Å². The Kier molecular flexibility index (Phi) is 6.00. The molecule has 0 radical (unpaired) electrons. The van der Waals surface area contributed by atoms with E-state index in [-0.39, 0.29) is 29.3 Å². The summed E-state index contributed by atoms with van der Waals surface area (Å²) in [5.41, 5.74) is 3.11. The number of amides is 2. The molecule has 2 unspecified atom stereocenters. The van der Waals surface area contributed by atoms with E-state index in [1.165, 1.54) is 18.2 Å². The summed E-state index contributed by atoms with van der Waals surface area (Å²) in [6.45, 7) is 5.75. The highest BCUT2D eigenvalue weighted by atomic mass is 35.5. The summed E-state index contributed by atoms with van der Waals surface area (Å²) >= 11 is 5.74. The molecule has 3 rings (SSSR count). The van der Waals surface area contributed by atoms with Crippen molar-refractivity contribution >= 4 is 29.1 Å². The SMILES string of the molecule is Cc1nn(C2NC(=O)CC(C)N2)c(C)c1CCC(=O)Nc1ccc(F)c(Cl)c1. The fourth-order valence-corrected chi connectivity index (χ4v) is 3.52. The molecule has 1 fully saturated rings. The van der Waals surface area contributed by atoms with Gasteiger partial charge in [-0.3, -0.25) is 14.9 Å². The quantitative estimate of drug-likeness (QED) is 0.711. The van der Waals surface area contributed by atoms with Crippen molar-refractivity contribution in [3.8, 4) is 0 Å². The summed E-state index contributed by atoms with van der Waals surface area (Å²) in [4.78, 5) is 24.1. The third kappa shape index (κ3) is 4.51. The third-order valence-corrected chi connectivity index (χ3v) is 5.05. The minimum Gasteiger partial charge on any atom is -0.326 e. The lowest BCUT2D eigenvalue weighted by Gasteiger charge is -2.30. The molecular weight excluding hydrogens is 385 g/mol. The Labute approximate surface area is 167 Å². The lowest BCUT2D eigenvalue weighted by molar-refractivity contribution is -0.125. The molecule has 1 aliphatic rings. The van der Waals surface area contributed by atoms with Crippen molar-refractivity contribution < 1.29 is 14.0 Å². The predicted octanol–water partition coefficient (Wildman–Crippen LogP) is 2.82. The second kappa shape index (κ2) is 8.28. The second-order valence-corrected chi connectivity index (χ2v) is 7.42. The van der Waals surface area contributed by atoms with Crippen molar-refractivity contribution in [2.75, 3.05) is 5.32 Å². The van der Waals surface area contributed by atoms with Gasteiger partial charge in [0, 0.05) is 30.3 Å². The van der Waals surface area contributed by atoms with E-state index in [0.29, 0.717) is 18.5 Å². The van der Waals surface area contributed by atoms with Crippen LogP contribution in [0.1, 0.15) is 43.0 Å². The molecule has 1 aliphatic heterocycles. The molecule has 1 aromatic heterocycles. The molecular formula is C19H23ClFN5O2. The van der Waals surface area contributed by atoms with Crippen LogP contribution in [0.15, 0.2) is 18.2 Å². The van der Waals surface area contributed by atoms with Crippen molar-refractivity contribution in [1.29, 1.82) is 0 Å². The van der Waals surface area contributed by atoms with E-state index in [9.17, 15) is 14.0 Å². The number of nitrogens with one attached hydrogen (secondary N) is 3. The highest BCUT2D eigenvalue weighted by Gasteiger charge is 2.27. The van der Waals surface area contributed by atoms with E-state index in [0.717, 1.165) is 17.0 Å². The maximum absolute atomic E-state index is 13.2. The number of carbonyl (C=O) groups is 2. The summed E-state index contributed by atoms with van der Waals surface area (Å²) in [6, 6.07) is 4.11. The zero-order valence-electron chi connectivity index (χ0n) is 16.0. The molecule has 28 heavy (non-hydrogen) atoms. The molecule has 0 spiro atoms. The zero-order valence-corrected chi connectivity index (χ0v) is 16.7. The van der Waals surface area contributed by atoms with Crippen LogP contribution in [0.25, 0.3) is 0 Å². The minimum atomic E-state index is -0.531. The fourth-order valence-electron chi connectivity index (χ4n) is 3.34. The first-order valence-electron chi connectivity index (χ1n) is 9.09. The normalized spacial score (nSPS) is 19.4. The number of rotatable bonds is 5. The van der Waals surface area contributed by atoms with Crippen molar-refractivity contribution in [2.24, 2.45) is 0 Å². The molecule has 0 saturated carbocycles. The Morgan fingerprint density at radius 2 is 2.18 bits per heavy atom. The van der Waals surface area contributed by atoms with Crippen LogP contribution in [-0.4, -0.2) is 27.6 Å². The number of halogens is 2. The summed E-state index contributed by atoms with van der Waals surface area (Å²) in [5.74, 6) is -0.759. The molecule has 2 aromatic rings. The van der Waals surface area contributed by atoms with Crippen LogP contribution in [0.5, 0.6) is 0 Å². The molecule has 2 atom stereocenters. The van der Waals surface area contributed by atoms with Crippen LogP contribution in [0.4, 0.5) is 10.1 Å². The first-order valence-corrected chi connectivity index (χ1v) is 9.47. The summed E-state index contributed by atoms with van der Waals surface area (Å²) in [6.07, 6.45) is 0.757. The van der Waals surface area contributed by atoms with E-state index < -0.39 is 12.1 Å². The summed E-state index contributed by atoms with van der Waals surface area (Å²) in [5, 5.41) is 13.4. The summed E-state index contributed by atoms with van der Waals surface area (Å²) in [7, 11) is 0. The van der Waals surface area contributed by atoms with Crippen molar-refractivity contribution in [2.45, 2.75) is 52.4 Å². The minimum absolute atomic E-state index is 0.0253. The number of anilines is 1. The maximum atomic E-state index is 13.2. The zero-order chi connectivity index (χ0) is 20.4. The largest absolute Gasteiger partial charge is 0.326 e. The monoisotopic (exact) mass is 407 g/mol. The van der Waals surface area contributed by atoms with E-state index in [1.807, 2.05) is 20.8 Å². The fraction of sp³-hybridized carbons (Fsp3) is 0.421. The van der Waals surface area contributed by atoms with Crippen molar-refractivity contribution in [3.05, 3.63) is 46.0 Å². The second-order valence-electron chi connectivity index (χ2n) is 7.01. The number of hydrogen-bond acceptors (Lipinski definition) is 4. The van der Waals surface area contributed by atoms with Crippen LogP contribution in [-0.2, 0) is 16.0 Å². The molecule has 9 heteroatoms. The van der Waals surface area contributed by atoms with Gasteiger partial charge >= 0.3 is 0 Å². The summed E-state index contributed by atoms with van der Waals surface area (Å²) < 4.78 is 15.0. The smallest absolute Gasteiger partial charge is 0.224 e. The number of aromatic nitrogens is 2. The molecule has 2 amide bonds. The molecule has 3 N–H and O–H groups in total. The number of nitrogens with zero attached hydrogens (tertiary/aromatic N) is 2. The molecule has 0 bridgehead atoms. The van der Waals surface area contributed by atoms with Crippen molar-refractivity contribution in [3.63, 3.8) is 0 Å². The third-order valence-electron chi connectivity index (χ3n) is 4.76. The molecule has 0 aliphatic carbocycles. The van der Waals surface area contributed by atoms with E-state index >= 15 is 0 Å². The number of carbonyl (C=O) groups excluding carboxylic acids is 2. The number of hydrogen-bond donors (Lipinski definition) is 3. The Balaban J connectivity index is 1.66. The first kappa shape index (κ1) is 20.3. The highest BCUT2D eigenvalue weighted by Crippen LogP contribution is 2.21. The molecule has 2 heterocycles. The average Bonchev–Trinajstić information content (AvgIpc) is 2.90. The van der Waals surface area contributed by atoms with Gasteiger partial charge in [-0.05, 0) is 51.0 Å². The van der Waals surface area contributed by atoms with Crippen molar-refractivity contribution in [1.82, 2.24) is 20.4 Å². The van der Waals surface area contributed by atoms with Gasteiger partial charge in [0.1, 0.15) is 5.82 Å². The Hall–Kier alpha value is -2.45. The van der Waals surface area contributed by atoms with E-state index in [1.54, 1.807) is 4.68 Å². The van der Waals surface area contributed by atoms with Gasteiger partial charge in [-0.1, -0.05) is 11.6 Å². The number of benzene rings is 1. The van der Waals surface area contributed by atoms with Gasteiger partial charge in [-0.25, -0.2) is 9.07 Å². The topological polar surface area (TPSA) is 88.1 Å². The Morgan fingerprint density at radius 1 is 1.43 bits per heavy atom. The van der Waals surface area contributed by atoms with Gasteiger partial charge in [-0.15, -0.1) is 0 Å². The van der Waals surface area contributed by atoms with Crippen LogP contribution in [0, 0.1) is 19.7 Å². The molecule has 7 nitrogen and oxygen atoms in total. The van der Waals surface area contributed by atoms with Gasteiger partial charge in [0.15, 0.2) is 6.29 Å².